The normalized spacial score (nSPS) is 15.5. The van der Waals surface area contributed by atoms with Gasteiger partial charge in [-0.3, -0.25) is 14.3 Å². The number of nitrogens with zero attached hydrogens (tertiary/aromatic N) is 5. The number of hydrogen-bond acceptors (Lipinski definition) is 4. The van der Waals surface area contributed by atoms with Gasteiger partial charge in [0.15, 0.2) is 0 Å². The van der Waals surface area contributed by atoms with Crippen LogP contribution in [0.2, 0.25) is 0 Å². The average Bonchev–Trinajstić information content (AvgIpc) is 3.04. The first-order valence-electron chi connectivity index (χ1n) is 7.86. The summed E-state index contributed by atoms with van der Waals surface area (Å²) in [7, 11) is 3.70. The van der Waals surface area contributed by atoms with E-state index >= 15 is 0 Å². The van der Waals surface area contributed by atoms with Crippen LogP contribution in [0, 0.1) is 0 Å². The van der Waals surface area contributed by atoms with E-state index in [-0.39, 0.29) is 0 Å². The average molecular weight is 303 g/mol. The van der Waals surface area contributed by atoms with E-state index in [2.05, 4.69) is 34.7 Å². The number of fused-ring (bicyclic) bond motifs is 1. The molecule has 2 aromatic rings. The number of aromatic nitrogens is 4. The quantitative estimate of drug-likeness (QED) is 0.846. The third-order valence-electron chi connectivity index (χ3n) is 4.19. The fraction of sp³-hybridized carbons (Fsp3) is 0.625. The van der Waals surface area contributed by atoms with Crippen molar-refractivity contribution in [2.24, 2.45) is 7.05 Å². The van der Waals surface area contributed by atoms with E-state index in [0.717, 1.165) is 31.7 Å². The molecule has 0 bridgehead atoms. The van der Waals surface area contributed by atoms with Crippen molar-refractivity contribution >= 4 is 0 Å². The SMILES string of the molecule is COCc1nn(C(C)C)c2c1CCN(Cc1cnn(C)c1)C2. The number of methoxy groups -OCH3 is 1. The van der Waals surface area contributed by atoms with Gasteiger partial charge in [0.2, 0.25) is 0 Å². The van der Waals surface area contributed by atoms with Crippen molar-refractivity contribution in [2.45, 2.75) is 46.0 Å². The van der Waals surface area contributed by atoms with Gasteiger partial charge < -0.3 is 4.74 Å². The van der Waals surface area contributed by atoms with Crippen LogP contribution in [0.1, 0.15) is 42.4 Å². The first-order valence-corrected chi connectivity index (χ1v) is 7.86. The summed E-state index contributed by atoms with van der Waals surface area (Å²) < 4.78 is 9.34. The van der Waals surface area contributed by atoms with Crippen molar-refractivity contribution in [3.05, 3.63) is 34.9 Å². The summed E-state index contributed by atoms with van der Waals surface area (Å²) in [6, 6.07) is 0.373. The lowest BCUT2D eigenvalue weighted by molar-refractivity contribution is 0.179. The first kappa shape index (κ1) is 15.2. The molecule has 0 amide bonds. The zero-order valence-corrected chi connectivity index (χ0v) is 13.9. The molecule has 0 saturated carbocycles. The lowest BCUT2D eigenvalue weighted by atomic mass is 10.0. The summed E-state index contributed by atoms with van der Waals surface area (Å²) in [6.07, 6.45) is 5.08. The largest absolute Gasteiger partial charge is 0.378 e. The fourth-order valence-corrected chi connectivity index (χ4v) is 3.20. The number of ether oxygens (including phenoxy) is 1. The fourth-order valence-electron chi connectivity index (χ4n) is 3.20. The van der Waals surface area contributed by atoms with Crippen LogP contribution in [-0.4, -0.2) is 38.1 Å². The molecule has 0 atom stereocenters. The molecular formula is C16H25N5O. The molecule has 6 heteroatoms. The van der Waals surface area contributed by atoms with Crippen molar-refractivity contribution < 1.29 is 4.74 Å². The second kappa shape index (κ2) is 6.22. The van der Waals surface area contributed by atoms with E-state index in [1.807, 2.05) is 17.9 Å². The highest BCUT2D eigenvalue weighted by Gasteiger charge is 2.25. The third-order valence-corrected chi connectivity index (χ3v) is 4.19. The van der Waals surface area contributed by atoms with Crippen LogP contribution in [0.4, 0.5) is 0 Å². The Balaban J connectivity index is 1.81. The van der Waals surface area contributed by atoms with Gasteiger partial charge in [-0.15, -0.1) is 0 Å². The Bertz CT molecular complexity index is 643. The third kappa shape index (κ3) is 2.94. The van der Waals surface area contributed by atoms with E-state index in [9.17, 15) is 0 Å². The highest BCUT2D eigenvalue weighted by Crippen LogP contribution is 2.26. The van der Waals surface area contributed by atoms with Gasteiger partial charge in [0.05, 0.1) is 24.2 Å². The molecule has 0 saturated heterocycles. The maximum absolute atomic E-state index is 5.31. The minimum atomic E-state index is 0.373. The van der Waals surface area contributed by atoms with Crippen molar-refractivity contribution in [2.75, 3.05) is 13.7 Å². The van der Waals surface area contributed by atoms with Gasteiger partial charge in [0.25, 0.3) is 0 Å². The molecule has 3 rings (SSSR count). The van der Waals surface area contributed by atoms with Crippen molar-refractivity contribution in [1.82, 2.24) is 24.5 Å². The minimum absolute atomic E-state index is 0.373. The topological polar surface area (TPSA) is 48.1 Å². The maximum atomic E-state index is 5.31. The van der Waals surface area contributed by atoms with Gasteiger partial charge in [0.1, 0.15) is 0 Å². The Labute approximate surface area is 131 Å². The standard InChI is InChI=1S/C16H25N5O/c1-12(2)21-16-10-20(9-13-7-17-19(3)8-13)6-5-14(16)15(18-21)11-22-4/h7-8,12H,5-6,9-11H2,1-4H3. The molecular weight excluding hydrogens is 278 g/mol. The molecule has 1 aliphatic rings. The summed E-state index contributed by atoms with van der Waals surface area (Å²) in [5.41, 5.74) is 5.10. The number of aryl methyl sites for hydroxylation is 1. The molecule has 120 valence electrons. The van der Waals surface area contributed by atoms with Crippen LogP contribution in [-0.2, 0) is 37.9 Å². The smallest absolute Gasteiger partial charge is 0.0917 e. The van der Waals surface area contributed by atoms with E-state index in [1.54, 1.807) is 7.11 Å². The Hall–Kier alpha value is -1.66. The molecule has 0 radical (unpaired) electrons. The van der Waals surface area contributed by atoms with Crippen molar-refractivity contribution in [1.29, 1.82) is 0 Å². The van der Waals surface area contributed by atoms with Crippen LogP contribution in [0.25, 0.3) is 0 Å². The van der Waals surface area contributed by atoms with Gasteiger partial charge in [-0.05, 0) is 20.3 Å². The predicted octanol–water partition coefficient (Wildman–Crippen LogP) is 1.90. The van der Waals surface area contributed by atoms with Crippen molar-refractivity contribution in [3.63, 3.8) is 0 Å². The van der Waals surface area contributed by atoms with Crippen LogP contribution in [0.3, 0.4) is 0 Å². The molecule has 3 heterocycles. The molecule has 0 fully saturated rings. The molecule has 6 nitrogen and oxygen atoms in total. The van der Waals surface area contributed by atoms with Gasteiger partial charge >= 0.3 is 0 Å². The lowest BCUT2D eigenvalue weighted by Crippen LogP contribution is -2.31. The van der Waals surface area contributed by atoms with Crippen LogP contribution in [0.5, 0.6) is 0 Å². The molecule has 1 aliphatic heterocycles. The van der Waals surface area contributed by atoms with Crippen molar-refractivity contribution in [3.8, 4) is 0 Å². The molecule has 2 aromatic heterocycles. The summed E-state index contributed by atoms with van der Waals surface area (Å²) >= 11 is 0. The van der Waals surface area contributed by atoms with Gasteiger partial charge in [-0.1, -0.05) is 0 Å². The molecule has 22 heavy (non-hydrogen) atoms. The Kier molecular flexibility index (Phi) is 4.31. The highest BCUT2D eigenvalue weighted by atomic mass is 16.5. The molecule has 0 N–H and O–H groups in total. The predicted molar refractivity (Wildman–Crippen MR) is 84.4 cm³/mol. The summed E-state index contributed by atoms with van der Waals surface area (Å²) in [5, 5.41) is 9.03. The van der Waals surface area contributed by atoms with Crippen LogP contribution in [0.15, 0.2) is 12.4 Å². The zero-order chi connectivity index (χ0) is 15.7. The van der Waals surface area contributed by atoms with Gasteiger partial charge in [-0.25, -0.2) is 0 Å². The monoisotopic (exact) mass is 303 g/mol. The Morgan fingerprint density at radius 3 is 2.82 bits per heavy atom. The maximum Gasteiger partial charge on any atom is 0.0917 e. The molecule has 0 spiro atoms. The highest BCUT2D eigenvalue weighted by molar-refractivity contribution is 5.29. The summed E-state index contributed by atoms with van der Waals surface area (Å²) in [6.45, 7) is 7.91. The first-order chi connectivity index (χ1) is 10.6. The number of rotatable bonds is 5. The van der Waals surface area contributed by atoms with Crippen LogP contribution >= 0.6 is 0 Å². The Morgan fingerprint density at radius 2 is 2.18 bits per heavy atom. The second-order valence-corrected chi connectivity index (χ2v) is 6.33. The van der Waals surface area contributed by atoms with Crippen LogP contribution < -0.4 is 0 Å². The molecule has 0 aromatic carbocycles. The van der Waals surface area contributed by atoms with E-state index in [0.29, 0.717) is 12.6 Å². The number of hydrogen-bond donors (Lipinski definition) is 0. The zero-order valence-electron chi connectivity index (χ0n) is 13.9. The Morgan fingerprint density at radius 1 is 1.36 bits per heavy atom. The van der Waals surface area contributed by atoms with E-state index in [4.69, 9.17) is 9.84 Å². The lowest BCUT2D eigenvalue weighted by Gasteiger charge is -2.28. The van der Waals surface area contributed by atoms with Gasteiger partial charge in [-0.2, -0.15) is 10.2 Å². The summed E-state index contributed by atoms with van der Waals surface area (Å²) in [4.78, 5) is 2.47. The molecule has 0 unspecified atom stereocenters. The van der Waals surface area contributed by atoms with E-state index < -0.39 is 0 Å². The summed E-state index contributed by atoms with van der Waals surface area (Å²) in [5.74, 6) is 0. The molecule has 0 aliphatic carbocycles. The second-order valence-electron chi connectivity index (χ2n) is 6.33. The van der Waals surface area contributed by atoms with E-state index in [1.165, 1.54) is 16.8 Å². The minimum Gasteiger partial charge on any atom is -0.378 e. The van der Waals surface area contributed by atoms with Gasteiger partial charge in [0, 0.05) is 57.2 Å².